The molecule has 1 atom stereocenters. The Hall–Kier alpha value is -1.51. The van der Waals surface area contributed by atoms with Crippen LogP contribution in [0.25, 0.3) is 0 Å². The molecule has 0 spiro atoms. The summed E-state index contributed by atoms with van der Waals surface area (Å²) in [7, 11) is 0. The number of aromatic hydroxyl groups is 1. The Bertz CT molecular complexity index is 591. The molecule has 22 heavy (non-hydrogen) atoms. The number of carbonyl (C=O) groups is 1. The number of nitrogens with zero attached hydrogens (tertiary/aromatic N) is 1. The van der Waals surface area contributed by atoms with Gasteiger partial charge in [0.25, 0.3) is 0 Å². The zero-order valence-corrected chi connectivity index (χ0v) is 14.9. The highest BCUT2D eigenvalue weighted by molar-refractivity contribution is 5.98. The second kappa shape index (κ2) is 5.29. The summed E-state index contributed by atoms with van der Waals surface area (Å²) in [6, 6.07) is 4.22. The second-order valence-corrected chi connectivity index (χ2v) is 8.54. The molecule has 1 aliphatic heterocycles. The molecule has 3 heteroatoms. The molecule has 2 rings (SSSR count). The van der Waals surface area contributed by atoms with Gasteiger partial charge >= 0.3 is 0 Å². The number of rotatable bonds is 1. The van der Waals surface area contributed by atoms with Crippen molar-refractivity contribution in [2.45, 2.75) is 78.2 Å². The Morgan fingerprint density at radius 3 is 2.09 bits per heavy atom. The molecule has 1 aromatic carbocycles. The lowest BCUT2D eigenvalue weighted by Crippen LogP contribution is -2.31. The molecule has 3 nitrogen and oxygen atoms in total. The molecule has 0 saturated carbocycles. The maximum absolute atomic E-state index is 12.3. The molecule has 1 aliphatic rings. The van der Waals surface area contributed by atoms with Crippen LogP contribution >= 0.6 is 0 Å². The molecule has 1 N–H and O–H groups in total. The molecule has 1 heterocycles. The first-order valence-corrected chi connectivity index (χ1v) is 8.13. The fraction of sp³-hybridized carbons (Fsp3) is 0.632. The maximum Gasteiger partial charge on any atom is 0.227 e. The minimum Gasteiger partial charge on any atom is -0.505 e. The van der Waals surface area contributed by atoms with Crippen LogP contribution in [0, 0.1) is 0 Å². The van der Waals surface area contributed by atoms with E-state index in [9.17, 15) is 9.90 Å². The first-order chi connectivity index (χ1) is 9.93. The van der Waals surface area contributed by atoms with E-state index in [2.05, 4.69) is 47.6 Å². The number of phenols is 1. The number of amides is 1. The van der Waals surface area contributed by atoms with Crippen LogP contribution < -0.4 is 4.90 Å². The summed E-state index contributed by atoms with van der Waals surface area (Å²) in [5, 5.41) is 10.8. The molecule has 1 unspecified atom stereocenters. The van der Waals surface area contributed by atoms with E-state index in [1.165, 1.54) is 0 Å². The number of hydrogen-bond acceptors (Lipinski definition) is 2. The fourth-order valence-electron chi connectivity index (χ4n) is 3.01. The van der Waals surface area contributed by atoms with Gasteiger partial charge in [0.2, 0.25) is 5.91 Å². The van der Waals surface area contributed by atoms with E-state index in [4.69, 9.17) is 0 Å². The summed E-state index contributed by atoms with van der Waals surface area (Å²) in [6.07, 6.45) is 1.41. The zero-order chi connectivity index (χ0) is 16.9. The lowest BCUT2D eigenvalue weighted by molar-refractivity contribution is -0.117. The van der Waals surface area contributed by atoms with Gasteiger partial charge in [-0.1, -0.05) is 47.6 Å². The summed E-state index contributed by atoms with van der Waals surface area (Å²) in [5.41, 5.74) is 2.52. The van der Waals surface area contributed by atoms with Crippen molar-refractivity contribution in [3.63, 3.8) is 0 Å². The highest BCUT2D eigenvalue weighted by atomic mass is 16.3. The van der Waals surface area contributed by atoms with Crippen molar-refractivity contribution >= 4 is 11.6 Å². The summed E-state index contributed by atoms with van der Waals surface area (Å²) >= 11 is 0. The Morgan fingerprint density at radius 2 is 1.68 bits per heavy atom. The standard InChI is InChI=1S/C19H29NO2/c1-12-8-9-16(21)20(12)15-11-13(18(2,3)4)10-14(17(15)22)19(5,6)7/h10-12,22H,8-9H2,1-7H3. The van der Waals surface area contributed by atoms with E-state index in [1.54, 1.807) is 4.90 Å². The van der Waals surface area contributed by atoms with E-state index in [0.29, 0.717) is 12.1 Å². The van der Waals surface area contributed by atoms with Crippen LogP contribution in [0.4, 0.5) is 5.69 Å². The summed E-state index contributed by atoms with van der Waals surface area (Å²) < 4.78 is 0. The number of carbonyl (C=O) groups excluding carboxylic acids is 1. The summed E-state index contributed by atoms with van der Waals surface area (Å²) in [6.45, 7) is 14.8. The third-order valence-corrected chi connectivity index (χ3v) is 4.51. The van der Waals surface area contributed by atoms with Gasteiger partial charge in [-0.25, -0.2) is 0 Å². The second-order valence-electron chi connectivity index (χ2n) is 8.54. The van der Waals surface area contributed by atoms with Crippen LogP contribution in [0.3, 0.4) is 0 Å². The van der Waals surface area contributed by atoms with Crippen LogP contribution in [0.2, 0.25) is 0 Å². The Kier molecular flexibility index (Phi) is 4.05. The molecular weight excluding hydrogens is 274 g/mol. The van der Waals surface area contributed by atoms with Crippen molar-refractivity contribution in [2.24, 2.45) is 0 Å². The topological polar surface area (TPSA) is 40.5 Å². The van der Waals surface area contributed by atoms with Crippen molar-refractivity contribution in [3.05, 3.63) is 23.3 Å². The van der Waals surface area contributed by atoms with Crippen LogP contribution in [-0.4, -0.2) is 17.1 Å². The van der Waals surface area contributed by atoms with Gasteiger partial charge in [0, 0.05) is 18.0 Å². The highest BCUT2D eigenvalue weighted by Crippen LogP contribution is 2.43. The van der Waals surface area contributed by atoms with Gasteiger partial charge < -0.3 is 10.0 Å². The average molecular weight is 303 g/mol. The number of phenolic OH excluding ortho intramolecular Hbond substituents is 1. The van der Waals surface area contributed by atoms with E-state index >= 15 is 0 Å². The lowest BCUT2D eigenvalue weighted by atomic mass is 9.79. The van der Waals surface area contributed by atoms with Gasteiger partial charge in [0.1, 0.15) is 5.75 Å². The molecule has 1 aromatic rings. The molecule has 0 aromatic heterocycles. The van der Waals surface area contributed by atoms with Crippen LogP contribution in [-0.2, 0) is 15.6 Å². The van der Waals surface area contributed by atoms with Crippen molar-refractivity contribution < 1.29 is 9.90 Å². The van der Waals surface area contributed by atoms with Gasteiger partial charge in [-0.3, -0.25) is 4.79 Å². The highest BCUT2D eigenvalue weighted by Gasteiger charge is 2.34. The van der Waals surface area contributed by atoms with Crippen molar-refractivity contribution in [3.8, 4) is 5.75 Å². The van der Waals surface area contributed by atoms with Gasteiger partial charge in [0.05, 0.1) is 5.69 Å². The van der Waals surface area contributed by atoms with E-state index in [0.717, 1.165) is 17.5 Å². The fourth-order valence-corrected chi connectivity index (χ4v) is 3.01. The minimum absolute atomic E-state index is 0.0333. The van der Waals surface area contributed by atoms with E-state index < -0.39 is 0 Å². The average Bonchev–Trinajstić information content (AvgIpc) is 2.67. The van der Waals surface area contributed by atoms with Gasteiger partial charge in [-0.15, -0.1) is 0 Å². The van der Waals surface area contributed by atoms with Crippen LogP contribution in [0.1, 0.15) is 72.4 Å². The smallest absolute Gasteiger partial charge is 0.227 e. The normalized spacial score (nSPS) is 19.9. The zero-order valence-electron chi connectivity index (χ0n) is 14.9. The van der Waals surface area contributed by atoms with Crippen molar-refractivity contribution in [2.75, 3.05) is 4.90 Å². The molecule has 1 saturated heterocycles. The Labute approximate surface area is 134 Å². The van der Waals surface area contributed by atoms with Gasteiger partial charge in [0.15, 0.2) is 0 Å². The predicted molar refractivity (Wildman–Crippen MR) is 91.7 cm³/mol. The van der Waals surface area contributed by atoms with Crippen LogP contribution in [0.15, 0.2) is 12.1 Å². The molecule has 1 amide bonds. The molecule has 1 fully saturated rings. The monoisotopic (exact) mass is 303 g/mol. The number of hydrogen-bond donors (Lipinski definition) is 1. The Morgan fingerprint density at radius 1 is 1.09 bits per heavy atom. The minimum atomic E-state index is -0.175. The summed E-state index contributed by atoms with van der Waals surface area (Å²) in [5.74, 6) is 0.358. The first-order valence-electron chi connectivity index (χ1n) is 8.13. The quantitative estimate of drug-likeness (QED) is 0.829. The van der Waals surface area contributed by atoms with Gasteiger partial charge in [-0.2, -0.15) is 0 Å². The van der Waals surface area contributed by atoms with Crippen molar-refractivity contribution in [1.29, 1.82) is 0 Å². The Balaban J connectivity index is 2.70. The van der Waals surface area contributed by atoms with Gasteiger partial charge in [-0.05, 0) is 35.8 Å². The van der Waals surface area contributed by atoms with E-state index in [1.807, 2.05) is 13.0 Å². The third-order valence-electron chi connectivity index (χ3n) is 4.51. The summed E-state index contributed by atoms with van der Waals surface area (Å²) in [4.78, 5) is 14.1. The SMILES string of the molecule is CC1CCC(=O)N1c1cc(C(C)(C)C)cc(C(C)(C)C)c1O. The molecule has 0 radical (unpaired) electrons. The molecule has 0 aliphatic carbocycles. The molecule has 0 bridgehead atoms. The third kappa shape index (κ3) is 2.99. The number of benzene rings is 1. The lowest BCUT2D eigenvalue weighted by Gasteiger charge is -2.31. The largest absolute Gasteiger partial charge is 0.505 e. The maximum atomic E-state index is 12.3. The van der Waals surface area contributed by atoms with Crippen LogP contribution in [0.5, 0.6) is 5.75 Å². The van der Waals surface area contributed by atoms with Crippen molar-refractivity contribution in [1.82, 2.24) is 0 Å². The molecular formula is C19H29NO2. The number of anilines is 1. The predicted octanol–water partition coefficient (Wildman–Crippen LogP) is 4.50. The molecule has 122 valence electrons. The van der Waals surface area contributed by atoms with E-state index in [-0.39, 0.29) is 28.5 Å². The first kappa shape index (κ1) is 16.9.